The molecule has 4 aromatic carbocycles. The van der Waals surface area contributed by atoms with Crippen molar-refractivity contribution < 1.29 is 9.53 Å². The number of hydrogen-bond acceptors (Lipinski definition) is 3. The van der Waals surface area contributed by atoms with Crippen molar-refractivity contribution in [3.63, 3.8) is 0 Å². The molecule has 0 aliphatic heterocycles. The minimum Gasteiger partial charge on any atom is -0.492 e. The van der Waals surface area contributed by atoms with Crippen LogP contribution in [-0.2, 0) is 0 Å². The van der Waals surface area contributed by atoms with Crippen molar-refractivity contribution in [3.8, 4) is 39.3 Å². The van der Waals surface area contributed by atoms with Crippen molar-refractivity contribution in [2.24, 2.45) is 0 Å². The summed E-state index contributed by atoms with van der Waals surface area (Å²) < 4.78 is 5.69. The minimum atomic E-state index is -0.191. The fourth-order valence-corrected chi connectivity index (χ4v) is 4.87. The third-order valence-electron chi connectivity index (χ3n) is 6.83. The van der Waals surface area contributed by atoms with Gasteiger partial charge in [-0.3, -0.25) is 9.59 Å². The molecule has 1 amide bonds. The summed E-state index contributed by atoms with van der Waals surface area (Å²) in [4.78, 5) is 32.0. The van der Waals surface area contributed by atoms with E-state index in [1.54, 1.807) is 24.4 Å². The van der Waals surface area contributed by atoms with Gasteiger partial charge < -0.3 is 20.0 Å². The number of fused-ring (bicyclic) bond motifs is 1. The maximum atomic E-state index is 13.0. The van der Waals surface area contributed by atoms with Crippen LogP contribution in [0.2, 0.25) is 0 Å². The van der Waals surface area contributed by atoms with E-state index in [4.69, 9.17) is 4.74 Å². The van der Waals surface area contributed by atoms with E-state index in [0.29, 0.717) is 30.0 Å². The average molecular weight is 526 g/mol. The van der Waals surface area contributed by atoms with E-state index >= 15 is 0 Å². The Labute approximate surface area is 231 Å². The van der Waals surface area contributed by atoms with Crippen LogP contribution in [-0.4, -0.2) is 29.0 Å². The number of aromatic amines is 2. The summed E-state index contributed by atoms with van der Waals surface area (Å²) in [5.41, 5.74) is 6.46. The molecule has 6 nitrogen and oxygen atoms in total. The SMILES string of the molecule is O=C(NCCOc1ccccc1)c1ccc2[nH]c(-c3ccc[nH]c3=O)c(-c3ccc(-c4ccccc4)cc3)c2c1. The molecule has 0 radical (unpaired) electrons. The Morgan fingerprint density at radius 2 is 1.45 bits per heavy atom. The molecule has 0 spiro atoms. The standard InChI is InChI=1S/C34H27N3O3/c38-33(36-20-21-40-27-10-5-2-6-11-27)26-17-18-30-29(22-26)31(32(37-30)28-12-7-19-35-34(28)39)25-15-13-24(14-16-25)23-8-3-1-4-9-23/h1-19,22,37H,20-21H2,(H,35,39)(H,36,38). The Morgan fingerprint density at radius 3 is 2.20 bits per heavy atom. The summed E-state index contributed by atoms with van der Waals surface area (Å²) in [5, 5.41) is 3.80. The van der Waals surface area contributed by atoms with Gasteiger partial charge in [0.05, 0.1) is 17.8 Å². The maximum absolute atomic E-state index is 13.0. The van der Waals surface area contributed by atoms with Crippen LogP contribution in [0.5, 0.6) is 5.75 Å². The van der Waals surface area contributed by atoms with Gasteiger partial charge >= 0.3 is 0 Å². The Morgan fingerprint density at radius 1 is 0.750 bits per heavy atom. The number of nitrogens with one attached hydrogen (secondary N) is 3. The second kappa shape index (κ2) is 11.2. The van der Waals surface area contributed by atoms with Crippen molar-refractivity contribution in [2.75, 3.05) is 13.2 Å². The van der Waals surface area contributed by atoms with Gasteiger partial charge in [0.2, 0.25) is 0 Å². The number of H-pyrrole nitrogens is 2. The smallest absolute Gasteiger partial charge is 0.257 e. The highest BCUT2D eigenvalue weighted by Crippen LogP contribution is 2.38. The van der Waals surface area contributed by atoms with Crippen LogP contribution in [0.25, 0.3) is 44.4 Å². The molecule has 3 N–H and O–H groups in total. The zero-order chi connectivity index (χ0) is 27.3. The lowest BCUT2D eigenvalue weighted by atomic mass is 9.96. The van der Waals surface area contributed by atoms with Gasteiger partial charge in [-0.15, -0.1) is 0 Å². The molecule has 196 valence electrons. The molecular weight excluding hydrogens is 498 g/mol. The van der Waals surface area contributed by atoms with E-state index in [0.717, 1.165) is 38.9 Å². The van der Waals surface area contributed by atoms with Crippen LogP contribution in [0.1, 0.15) is 10.4 Å². The fraction of sp³-hybridized carbons (Fsp3) is 0.0588. The molecule has 6 rings (SSSR count). The molecule has 6 heteroatoms. The summed E-state index contributed by atoms with van der Waals surface area (Å²) in [7, 11) is 0. The Balaban J connectivity index is 1.34. The molecule has 0 saturated heterocycles. The highest BCUT2D eigenvalue weighted by Gasteiger charge is 2.19. The number of ether oxygens (including phenoxy) is 1. The molecule has 40 heavy (non-hydrogen) atoms. The molecule has 0 fully saturated rings. The van der Waals surface area contributed by atoms with Crippen LogP contribution in [0.3, 0.4) is 0 Å². The molecular formula is C34H27N3O3. The lowest BCUT2D eigenvalue weighted by Crippen LogP contribution is -2.28. The zero-order valence-electron chi connectivity index (χ0n) is 21.7. The average Bonchev–Trinajstić information content (AvgIpc) is 3.39. The summed E-state index contributed by atoms with van der Waals surface area (Å²) in [6, 6.07) is 37.1. The fourth-order valence-electron chi connectivity index (χ4n) is 4.87. The molecule has 6 aromatic rings. The monoisotopic (exact) mass is 525 g/mol. The summed E-state index contributed by atoms with van der Waals surface area (Å²) >= 11 is 0. The highest BCUT2D eigenvalue weighted by atomic mass is 16.5. The number of rotatable bonds is 8. The first kappa shape index (κ1) is 24.9. The summed E-state index contributed by atoms with van der Waals surface area (Å²) in [5.74, 6) is 0.570. The van der Waals surface area contributed by atoms with Crippen LogP contribution in [0.4, 0.5) is 0 Å². The van der Waals surface area contributed by atoms with Gasteiger partial charge in [-0.25, -0.2) is 0 Å². The first-order valence-electron chi connectivity index (χ1n) is 13.1. The highest BCUT2D eigenvalue weighted by molar-refractivity contribution is 6.07. The van der Waals surface area contributed by atoms with E-state index < -0.39 is 0 Å². The predicted molar refractivity (Wildman–Crippen MR) is 159 cm³/mol. The number of carbonyl (C=O) groups is 1. The van der Waals surface area contributed by atoms with E-state index in [9.17, 15) is 9.59 Å². The third kappa shape index (κ3) is 5.15. The number of benzene rings is 4. The van der Waals surface area contributed by atoms with Gasteiger partial charge in [-0.1, -0.05) is 72.8 Å². The molecule has 0 aliphatic rings. The van der Waals surface area contributed by atoms with Gasteiger partial charge in [-0.05, 0) is 59.2 Å². The molecule has 0 saturated carbocycles. The second-order valence-electron chi connectivity index (χ2n) is 9.41. The first-order valence-corrected chi connectivity index (χ1v) is 13.1. The number of carbonyl (C=O) groups excluding carboxylic acids is 1. The first-order chi connectivity index (χ1) is 19.7. The van der Waals surface area contributed by atoms with Crippen molar-refractivity contribution in [3.05, 3.63) is 137 Å². The zero-order valence-corrected chi connectivity index (χ0v) is 21.7. The van der Waals surface area contributed by atoms with Crippen LogP contribution >= 0.6 is 0 Å². The third-order valence-corrected chi connectivity index (χ3v) is 6.83. The predicted octanol–water partition coefficient (Wildman–Crippen LogP) is 6.67. The van der Waals surface area contributed by atoms with E-state index in [2.05, 4.69) is 51.7 Å². The van der Waals surface area contributed by atoms with Crippen molar-refractivity contribution >= 4 is 16.8 Å². The molecule has 0 unspecified atom stereocenters. The van der Waals surface area contributed by atoms with Gasteiger partial charge in [0.15, 0.2) is 0 Å². The van der Waals surface area contributed by atoms with Crippen molar-refractivity contribution in [2.45, 2.75) is 0 Å². The normalized spacial score (nSPS) is 10.9. The van der Waals surface area contributed by atoms with Crippen molar-refractivity contribution in [1.82, 2.24) is 15.3 Å². The topological polar surface area (TPSA) is 87.0 Å². The van der Waals surface area contributed by atoms with Crippen molar-refractivity contribution in [1.29, 1.82) is 0 Å². The molecule has 2 heterocycles. The Kier molecular flexibility index (Phi) is 6.97. The molecule has 0 bridgehead atoms. The van der Waals surface area contributed by atoms with E-state index in [-0.39, 0.29) is 11.5 Å². The largest absolute Gasteiger partial charge is 0.492 e. The molecule has 0 atom stereocenters. The van der Waals surface area contributed by atoms with Gasteiger partial charge in [0.25, 0.3) is 11.5 Å². The lowest BCUT2D eigenvalue weighted by Gasteiger charge is -2.09. The number of amides is 1. The summed E-state index contributed by atoms with van der Waals surface area (Å²) in [6.45, 7) is 0.736. The van der Waals surface area contributed by atoms with E-state index in [1.807, 2.05) is 60.7 Å². The Hall–Kier alpha value is -5.36. The van der Waals surface area contributed by atoms with Crippen LogP contribution in [0, 0.1) is 0 Å². The maximum Gasteiger partial charge on any atom is 0.257 e. The number of para-hydroxylation sites is 1. The Bertz CT molecular complexity index is 1820. The van der Waals surface area contributed by atoms with Crippen LogP contribution in [0.15, 0.2) is 126 Å². The lowest BCUT2D eigenvalue weighted by molar-refractivity contribution is 0.0947. The molecule has 0 aliphatic carbocycles. The van der Waals surface area contributed by atoms with Gasteiger partial charge in [0, 0.05) is 28.2 Å². The number of pyridine rings is 1. The van der Waals surface area contributed by atoms with Crippen LogP contribution < -0.4 is 15.6 Å². The number of hydrogen-bond donors (Lipinski definition) is 3. The quantitative estimate of drug-likeness (QED) is 0.194. The number of aromatic nitrogens is 2. The van der Waals surface area contributed by atoms with Gasteiger partial charge in [0.1, 0.15) is 12.4 Å². The minimum absolute atomic E-state index is 0.187. The molecule has 2 aromatic heterocycles. The van der Waals surface area contributed by atoms with E-state index in [1.165, 1.54) is 0 Å². The second-order valence-corrected chi connectivity index (χ2v) is 9.41. The van der Waals surface area contributed by atoms with Gasteiger partial charge in [-0.2, -0.15) is 0 Å². The summed E-state index contributed by atoms with van der Waals surface area (Å²) in [6.07, 6.45) is 1.62.